The van der Waals surface area contributed by atoms with E-state index in [4.69, 9.17) is 0 Å². The van der Waals surface area contributed by atoms with Crippen LogP contribution in [0.15, 0.2) is 22.4 Å². The second-order valence-electron chi connectivity index (χ2n) is 3.84. The normalized spacial score (nSPS) is 10.4. The summed E-state index contributed by atoms with van der Waals surface area (Å²) in [6.07, 6.45) is 0. The molecule has 5 nitrogen and oxygen atoms in total. The number of nitrogens with zero attached hydrogens (tertiary/aromatic N) is 3. The number of aromatic hydroxyl groups is 1. The lowest BCUT2D eigenvalue weighted by atomic mass is 10.1. The minimum atomic E-state index is 0.293. The lowest BCUT2D eigenvalue weighted by molar-refractivity contribution is 0.467. The first kappa shape index (κ1) is 13.0. The lowest BCUT2D eigenvalue weighted by Gasteiger charge is -2.09. The summed E-state index contributed by atoms with van der Waals surface area (Å²) in [6, 6.07) is 3.62. The molecule has 0 atom stereocenters. The fraction of sp³-hybridized carbons (Fsp3) is 0.182. The highest BCUT2D eigenvalue weighted by Gasteiger charge is 2.06. The summed E-state index contributed by atoms with van der Waals surface area (Å²) < 4.78 is 0. The van der Waals surface area contributed by atoms with Crippen LogP contribution in [-0.2, 0) is 0 Å². The third kappa shape index (κ3) is 2.85. The first-order valence-electron chi connectivity index (χ1n) is 5.17. The Labute approximate surface area is 116 Å². The third-order valence-corrected chi connectivity index (χ3v) is 2.76. The topological polar surface area (TPSA) is 70.9 Å². The molecule has 0 aliphatic carbocycles. The van der Waals surface area contributed by atoms with Crippen LogP contribution in [0.1, 0.15) is 11.1 Å². The number of benzene rings is 1. The Morgan fingerprint density at radius 3 is 2.00 bits per heavy atom. The monoisotopic (exact) mass is 280 g/mol. The van der Waals surface area contributed by atoms with E-state index in [0.717, 1.165) is 16.8 Å². The van der Waals surface area contributed by atoms with Crippen LogP contribution in [0.2, 0.25) is 0 Å². The zero-order valence-electron chi connectivity index (χ0n) is 9.84. The maximum atomic E-state index is 9.69. The van der Waals surface area contributed by atoms with Crippen LogP contribution in [0, 0.1) is 13.8 Å². The molecule has 2 rings (SSSR count). The molecular weight excluding hydrogens is 268 g/mol. The molecule has 0 amide bonds. The van der Waals surface area contributed by atoms with Gasteiger partial charge in [0.1, 0.15) is 5.75 Å². The third-order valence-electron chi connectivity index (χ3n) is 2.36. The van der Waals surface area contributed by atoms with Crippen LogP contribution in [0.4, 0.5) is 11.6 Å². The molecule has 0 fully saturated rings. The van der Waals surface area contributed by atoms with Gasteiger partial charge in [-0.15, -0.1) is 25.3 Å². The highest BCUT2D eigenvalue weighted by atomic mass is 32.1. The average molecular weight is 280 g/mol. The number of aryl methyl sites for hydroxylation is 2. The number of aromatic nitrogens is 3. The fourth-order valence-corrected chi connectivity index (χ4v) is 2.02. The molecule has 94 valence electrons. The number of hydrogen-bond acceptors (Lipinski definition) is 7. The van der Waals surface area contributed by atoms with E-state index >= 15 is 0 Å². The Morgan fingerprint density at radius 1 is 1.00 bits per heavy atom. The second kappa shape index (κ2) is 5.03. The first-order valence-corrected chi connectivity index (χ1v) is 6.06. The molecule has 0 unspecified atom stereocenters. The van der Waals surface area contributed by atoms with Gasteiger partial charge in [-0.1, -0.05) is 0 Å². The molecule has 7 heteroatoms. The van der Waals surface area contributed by atoms with Gasteiger partial charge in [-0.3, -0.25) is 0 Å². The standard InChI is InChI=1S/C11H12N4OS2/c1-5-3-7(4-6(2)8(5)16)12-9-13-10(17)15-11(18)14-9/h3-4,16H,1-2H3,(H3,12,13,14,15,17,18). The number of thiol groups is 2. The molecule has 0 saturated heterocycles. The minimum absolute atomic E-state index is 0.293. The van der Waals surface area contributed by atoms with Crippen molar-refractivity contribution >= 4 is 36.9 Å². The van der Waals surface area contributed by atoms with Crippen molar-refractivity contribution in [1.82, 2.24) is 15.0 Å². The number of anilines is 2. The lowest BCUT2D eigenvalue weighted by Crippen LogP contribution is -2.00. The van der Waals surface area contributed by atoms with Crippen LogP contribution in [0.3, 0.4) is 0 Å². The minimum Gasteiger partial charge on any atom is -0.507 e. The van der Waals surface area contributed by atoms with Gasteiger partial charge in [0.15, 0.2) is 10.3 Å². The van der Waals surface area contributed by atoms with Crippen molar-refractivity contribution in [1.29, 1.82) is 0 Å². The SMILES string of the molecule is Cc1cc(Nc2nc(S)nc(S)n2)cc(C)c1O. The van der Waals surface area contributed by atoms with E-state index in [1.54, 1.807) is 0 Å². The first-order chi connectivity index (χ1) is 8.45. The summed E-state index contributed by atoms with van der Waals surface area (Å²) in [5.41, 5.74) is 2.35. The Kier molecular flexibility index (Phi) is 3.63. The summed E-state index contributed by atoms with van der Waals surface area (Å²) in [7, 11) is 0. The largest absolute Gasteiger partial charge is 0.507 e. The van der Waals surface area contributed by atoms with Crippen LogP contribution in [-0.4, -0.2) is 20.1 Å². The highest BCUT2D eigenvalue weighted by molar-refractivity contribution is 7.80. The summed E-state index contributed by atoms with van der Waals surface area (Å²) in [5, 5.41) is 13.3. The van der Waals surface area contributed by atoms with Crippen LogP contribution in [0.5, 0.6) is 5.75 Å². The number of nitrogens with one attached hydrogen (secondary N) is 1. The molecule has 0 aliphatic heterocycles. The molecule has 0 bridgehead atoms. The van der Waals surface area contributed by atoms with Crippen molar-refractivity contribution in [3.63, 3.8) is 0 Å². The van der Waals surface area contributed by atoms with Gasteiger partial charge >= 0.3 is 0 Å². The van der Waals surface area contributed by atoms with Gasteiger partial charge in [-0.2, -0.15) is 15.0 Å². The maximum Gasteiger partial charge on any atom is 0.232 e. The summed E-state index contributed by atoms with van der Waals surface area (Å²) in [5.74, 6) is 0.658. The summed E-state index contributed by atoms with van der Waals surface area (Å²) in [4.78, 5) is 11.9. The fourth-order valence-electron chi connectivity index (χ4n) is 1.57. The Morgan fingerprint density at radius 2 is 1.50 bits per heavy atom. The van der Waals surface area contributed by atoms with Crippen molar-refractivity contribution < 1.29 is 5.11 Å². The molecule has 1 heterocycles. The summed E-state index contributed by atoms with van der Waals surface area (Å²) in [6.45, 7) is 3.66. The van der Waals surface area contributed by atoms with Gasteiger partial charge in [-0.25, -0.2) is 0 Å². The predicted molar refractivity (Wildman–Crippen MR) is 75.2 cm³/mol. The number of phenolic OH excluding ortho intramolecular Hbond substituents is 1. The second-order valence-corrected chi connectivity index (χ2v) is 4.64. The zero-order valence-corrected chi connectivity index (χ0v) is 11.6. The van der Waals surface area contributed by atoms with Crippen molar-refractivity contribution in [3.05, 3.63) is 23.3 Å². The zero-order chi connectivity index (χ0) is 13.3. The maximum absolute atomic E-state index is 9.69. The number of hydrogen-bond donors (Lipinski definition) is 4. The molecule has 1 aromatic carbocycles. The highest BCUT2D eigenvalue weighted by Crippen LogP contribution is 2.26. The van der Waals surface area contributed by atoms with E-state index < -0.39 is 0 Å². The average Bonchev–Trinajstić information content (AvgIpc) is 2.24. The van der Waals surface area contributed by atoms with Crippen LogP contribution in [0.25, 0.3) is 0 Å². The van der Waals surface area contributed by atoms with Crippen molar-refractivity contribution in [2.24, 2.45) is 0 Å². The van der Waals surface area contributed by atoms with Gasteiger partial charge in [0.05, 0.1) is 0 Å². The number of rotatable bonds is 2. The molecule has 2 N–H and O–H groups in total. The predicted octanol–water partition coefficient (Wildman–Crippen LogP) is 2.52. The quantitative estimate of drug-likeness (QED) is 0.502. The molecule has 2 aromatic rings. The van der Waals surface area contributed by atoms with Crippen LogP contribution >= 0.6 is 25.3 Å². The molecular formula is C11H12N4OS2. The molecule has 0 saturated carbocycles. The molecule has 18 heavy (non-hydrogen) atoms. The van der Waals surface area contributed by atoms with Crippen molar-refractivity contribution in [2.45, 2.75) is 24.2 Å². The number of phenols is 1. The van der Waals surface area contributed by atoms with E-state index in [0.29, 0.717) is 22.0 Å². The molecule has 0 radical (unpaired) electrons. The van der Waals surface area contributed by atoms with Gasteiger partial charge < -0.3 is 10.4 Å². The van der Waals surface area contributed by atoms with E-state index in [1.165, 1.54) is 0 Å². The van der Waals surface area contributed by atoms with E-state index in [2.05, 4.69) is 45.5 Å². The van der Waals surface area contributed by atoms with Gasteiger partial charge in [0, 0.05) is 5.69 Å². The van der Waals surface area contributed by atoms with E-state index in [-0.39, 0.29) is 0 Å². The van der Waals surface area contributed by atoms with Crippen molar-refractivity contribution in [2.75, 3.05) is 5.32 Å². The Balaban J connectivity index is 2.34. The van der Waals surface area contributed by atoms with Gasteiger partial charge in [0.25, 0.3) is 0 Å². The van der Waals surface area contributed by atoms with Gasteiger partial charge in [-0.05, 0) is 37.1 Å². The summed E-state index contributed by atoms with van der Waals surface area (Å²) >= 11 is 8.11. The molecule has 0 spiro atoms. The van der Waals surface area contributed by atoms with Crippen LogP contribution < -0.4 is 5.32 Å². The Hall–Kier alpha value is -1.47. The van der Waals surface area contributed by atoms with Gasteiger partial charge in [0.2, 0.25) is 5.95 Å². The molecule has 1 aromatic heterocycles. The molecule has 0 aliphatic rings. The Bertz CT molecular complexity index is 560. The smallest absolute Gasteiger partial charge is 0.232 e. The van der Waals surface area contributed by atoms with Crippen molar-refractivity contribution in [3.8, 4) is 5.75 Å². The van der Waals surface area contributed by atoms with E-state index in [9.17, 15) is 5.11 Å². The van der Waals surface area contributed by atoms with E-state index in [1.807, 2.05) is 26.0 Å².